The van der Waals surface area contributed by atoms with Crippen molar-refractivity contribution < 1.29 is 9.85 Å². The third kappa shape index (κ3) is 4.56. The lowest BCUT2D eigenvalue weighted by Crippen LogP contribution is -1.90. The van der Waals surface area contributed by atoms with Crippen molar-refractivity contribution >= 4 is 35.7 Å². The Labute approximate surface area is 161 Å². The van der Waals surface area contributed by atoms with Crippen molar-refractivity contribution in [3.8, 4) is 0 Å². The van der Waals surface area contributed by atoms with Crippen LogP contribution in [-0.2, 0) is 0 Å². The zero-order valence-electron chi connectivity index (χ0n) is 14.8. The lowest BCUT2D eigenvalue weighted by atomic mass is 10.1. The van der Waals surface area contributed by atoms with E-state index in [4.69, 9.17) is 0 Å². The molecular formula is C22H16N2O4. The van der Waals surface area contributed by atoms with Crippen LogP contribution in [0.3, 0.4) is 0 Å². The molecule has 0 aliphatic rings. The molecule has 0 radical (unpaired) electrons. The Bertz CT molecular complexity index is 983. The van der Waals surface area contributed by atoms with Crippen molar-refractivity contribution in [1.29, 1.82) is 0 Å². The average molecular weight is 372 g/mol. The summed E-state index contributed by atoms with van der Waals surface area (Å²) in [5.74, 6) is 0. The molecule has 0 spiro atoms. The third-order valence-electron chi connectivity index (χ3n) is 4.11. The predicted octanol–water partition coefficient (Wildman–Crippen LogP) is 5.84. The fourth-order valence-corrected chi connectivity index (χ4v) is 2.68. The van der Waals surface area contributed by atoms with Gasteiger partial charge in [-0.05, 0) is 35.4 Å². The third-order valence-corrected chi connectivity index (χ3v) is 4.11. The highest BCUT2D eigenvalue weighted by Gasteiger charge is 2.10. The van der Waals surface area contributed by atoms with Gasteiger partial charge in [-0.2, -0.15) is 0 Å². The van der Waals surface area contributed by atoms with Crippen molar-refractivity contribution in [2.45, 2.75) is 0 Å². The van der Waals surface area contributed by atoms with Gasteiger partial charge in [-0.25, -0.2) is 0 Å². The summed E-state index contributed by atoms with van der Waals surface area (Å²) in [7, 11) is 0. The molecule has 3 aromatic carbocycles. The van der Waals surface area contributed by atoms with Crippen LogP contribution < -0.4 is 0 Å². The van der Waals surface area contributed by atoms with E-state index in [9.17, 15) is 20.2 Å². The van der Waals surface area contributed by atoms with Gasteiger partial charge in [0, 0.05) is 12.1 Å². The van der Waals surface area contributed by atoms with E-state index in [-0.39, 0.29) is 11.4 Å². The van der Waals surface area contributed by atoms with Crippen LogP contribution in [0.1, 0.15) is 22.3 Å². The second kappa shape index (κ2) is 8.55. The highest BCUT2D eigenvalue weighted by molar-refractivity contribution is 5.76. The van der Waals surface area contributed by atoms with Gasteiger partial charge in [0.2, 0.25) is 0 Å². The standard InChI is InChI=1S/C22H16N2O4/c25-23(26)21-7-3-1-5-19(21)15-13-17-9-11-18(12-10-17)14-16-20-6-2-4-8-22(20)24(27)28/h1-16H/b15-13+,16-14+. The smallest absolute Gasteiger partial charge is 0.258 e. The second-order valence-electron chi connectivity index (χ2n) is 5.97. The van der Waals surface area contributed by atoms with Crippen LogP contribution >= 0.6 is 0 Å². The molecule has 3 aromatic rings. The van der Waals surface area contributed by atoms with E-state index in [1.807, 2.05) is 24.3 Å². The van der Waals surface area contributed by atoms with Crippen LogP contribution in [0.4, 0.5) is 11.4 Å². The van der Waals surface area contributed by atoms with Gasteiger partial charge in [-0.1, -0.05) is 60.7 Å². The molecule has 0 N–H and O–H groups in total. The van der Waals surface area contributed by atoms with E-state index in [2.05, 4.69) is 0 Å². The summed E-state index contributed by atoms with van der Waals surface area (Å²) < 4.78 is 0. The quantitative estimate of drug-likeness (QED) is 0.309. The first kappa shape index (κ1) is 18.7. The number of para-hydroxylation sites is 2. The molecule has 138 valence electrons. The monoisotopic (exact) mass is 372 g/mol. The Morgan fingerprint density at radius 3 is 1.25 bits per heavy atom. The Kier molecular flexibility index (Phi) is 5.72. The summed E-state index contributed by atoms with van der Waals surface area (Å²) in [5.41, 5.74) is 2.97. The number of nitro benzene ring substituents is 2. The summed E-state index contributed by atoms with van der Waals surface area (Å²) in [5, 5.41) is 22.1. The van der Waals surface area contributed by atoms with E-state index < -0.39 is 9.85 Å². The SMILES string of the molecule is O=[N+]([O-])c1ccccc1/C=C/c1ccc(/C=C/c2ccccc2[N+](=O)[O-])cc1. The zero-order valence-corrected chi connectivity index (χ0v) is 14.8. The number of rotatable bonds is 6. The molecule has 0 aliphatic heterocycles. The molecule has 0 aliphatic carbocycles. The van der Waals surface area contributed by atoms with Gasteiger partial charge in [0.25, 0.3) is 11.4 Å². The first-order valence-corrected chi connectivity index (χ1v) is 8.47. The minimum absolute atomic E-state index is 0.0581. The van der Waals surface area contributed by atoms with Gasteiger partial charge < -0.3 is 0 Å². The van der Waals surface area contributed by atoms with Crippen molar-refractivity contribution in [2.75, 3.05) is 0 Å². The summed E-state index contributed by atoms with van der Waals surface area (Å²) in [6, 6.07) is 20.6. The van der Waals surface area contributed by atoms with Crippen LogP contribution in [0.15, 0.2) is 72.8 Å². The highest BCUT2D eigenvalue weighted by atomic mass is 16.6. The molecule has 28 heavy (non-hydrogen) atoms. The lowest BCUT2D eigenvalue weighted by molar-refractivity contribution is -0.385. The molecule has 0 amide bonds. The highest BCUT2D eigenvalue weighted by Crippen LogP contribution is 2.22. The number of hydrogen-bond acceptors (Lipinski definition) is 4. The molecular weight excluding hydrogens is 356 g/mol. The van der Waals surface area contributed by atoms with Crippen molar-refractivity contribution in [1.82, 2.24) is 0 Å². The number of hydrogen-bond donors (Lipinski definition) is 0. The molecule has 0 aromatic heterocycles. The topological polar surface area (TPSA) is 86.3 Å². The Balaban J connectivity index is 1.76. The number of nitrogens with zero attached hydrogens (tertiary/aromatic N) is 2. The van der Waals surface area contributed by atoms with Crippen LogP contribution in [0.2, 0.25) is 0 Å². The molecule has 3 rings (SSSR count). The van der Waals surface area contributed by atoms with Gasteiger partial charge in [0.05, 0.1) is 21.0 Å². The van der Waals surface area contributed by atoms with Crippen LogP contribution in [0.5, 0.6) is 0 Å². The van der Waals surface area contributed by atoms with Crippen LogP contribution in [0, 0.1) is 20.2 Å². The second-order valence-corrected chi connectivity index (χ2v) is 5.97. The van der Waals surface area contributed by atoms with Crippen LogP contribution in [0.25, 0.3) is 24.3 Å². The summed E-state index contributed by atoms with van der Waals surface area (Å²) in [6.07, 6.45) is 7.02. The minimum atomic E-state index is -0.406. The molecule has 0 atom stereocenters. The maximum absolute atomic E-state index is 11.1. The summed E-state index contributed by atoms with van der Waals surface area (Å²) >= 11 is 0. The van der Waals surface area contributed by atoms with Gasteiger partial charge in [-0.3, -0.25) is 20.2 Å². The van der Waals surface area contributed by atoms with Crippen molar-refractivity contribution in [2.24, 2.45) is 0 Å². The first-order valence-electron chi connectivity index (χ1n) is 8.47. The molecule has 0 saturated heterocycles. The number of benzene rings is 3. The molecule has 0 fully saturated rings. The molecule has 6 heteroatoms. The fraction of sp³-hybridized carbons (Fsp3) is 0. The van der Waals surface area contributed by atoms with Crippen molar-refractivity contribution in [3.05, 3.63) is 115 Å². The zero-order chi connectivity index (χ0) is 19.9. The maximum atomic E-state index is 11.1. The molecule has 0 heterocycles. The first-order chi connectivity index (χ1) is 13.5. The van der Waals surface area contributed by atoms with E-state index >= 15 is 0 Å². The number of nitro groups is 2. The largest absolute Gasteiger partial charge is 0.276 e. The Morgan fingerprint density at radius 2 is 0.893 bits per heavy atom. The molecule has 0 bridgehead atoms. The van der Waals surface area contributed by atoms with E-state index in [1.165, 1.54) is 12.1 Å². The van der Waals surface area contributed by atoms with Crippen LogP contribution in [-0.4, -0.2) is 9.85 Å². The molecule has 6 nitrogen and oxygen atoms in total. The fourth-order valence-electron chi connectivity index (χ4n) is 2.68. The average Bonchev–Trinajstić information content (AvgIpc) is 2.71. The van der Waals surface area contributed by atoms with Gasteiger partial charge in [-0.15, -0.1) is 0 Å². The van der Waals surface area contributed by atoms with Gasteiger partial charge in [0.1, 0.15) is 0 Å². The summed E-state index contributed by atoms with van der Waals surface area (Å²) in [6.45, 7) is 0. The predicted molar refractivity (Wildman–Crippen MR) is 110 cm³/mol. The molecule has 0 saturated carbocycles. The molecule has 0 unspecified atom stereocenters. The Morgan fingerprint density at radius 1 is 0.536 bits per heavy atom. The summed E-state index contributed by atoms with van der Waals surface area (Å²) in [4.78, 5) is 21.3. The van der Waals surface area contributed by atoms with E-state index in [1.54, 1.807) is 60.7 Å². The van der Waals surface area contributed by atoms with Crippen molar-refractivity contribution in [3.63, 3.8) is 0 Å². The van der Waals surface area contributed by atoms with E-state index in [0.29, 0.717) is 11.1 Å². The lowest BCUT2D eigenvalue weighted by Gasteiger charge is -1.99. The van der Waals surface area contributed by atoms with Gasteiger partial charge in [0.15, 0.2) is 0 Å². The maximum Gasteiger partial charge on any atom is 0.276 e. The normalized spacial score (nSPS) is 11.1. The van der Waals surface area contributed by atoms with Gasteiger partial charge >= 0.3 is 0 Å². The van der Waals surface area contributed by atoms with E-state index in [0.717, 1.165) is 11.1 Å². The minimum Gasteiger partial charge on any atom is -0.258 e. The Hall–Kier alpha value is -4.06.